The van der Waals surface area contributed by atoms with Crippen molar-refractivity contribution in [3.05, 3.63) is 63.3 Å². The van der Waals surface area contributed by atoms with Gasteiger partial charge in [0.05, 0.1) is 23.1 Å². The number of ether oxygens (including phenoxy) is 3. The van der Waals surface area contributed by atoms with Gasteiger partial charge < -0.3 is 14.2 Å². The molecular weight excluding hydrogens is 513 g/mol. The van der Waals surface area contributed by atoms with Gasteiger partial charge in [-0.1, -0.05) is 47.7 Å². The van der Waals surface area contributed by atoms with Crippen molar-refractivity contribution in [1.82, 2.24) is 4.90 Å². The van der Waals surface area contributed by atoms with Crippen LogP contribution in [0.25, 0.3) is 6.08 Å². The van der Waals surface area contributed by atoms with Crippen LogP contribution in [0.15, 0.2) is 41.3 Å². The van der Waals surface area contributed by atoms with E-state index in [4.69, 9.17) is 38.0 Å². The fraction of sp³-hybridized carbons (Fsp3) is 0.320. The zero-order valence-corrected chi connectivity index (χ0v) is 21.7. The number of carbonyl (C=O) groups is 2. The van der Waals surface area contributed by atoms with E-state index in [1.807, 2.05) is 6.92 Å². The Balaban J connectivity index is 1.71. The molecule has 0 unspecified atom stereocenters. The number of hydrogen-bond donors (Lipinski definition) is 0. The number of thiocarbonyl (C=S) groups is 1. The lowest BCUT2D eigenvalue weighted by molar-refractivity contribution is -0.143. The lowest BCUT2D eigenvalue weighted by Crippen LogP contribution is -2.29. The second kappa shape index (κ2) is 12.9. The van der Waals surface area contributed by atoms with E-state index in [9.17, 15) is 14.0 Å². The first-order chi connectivity index (χ1) is 16.8. The molecule has 10 heteroatoms. The Hall–Kier alpha value is -2.62. The van der Waals surface area contributed by atoms with Gasteiger partial charge in [0, 0.05) is 18.5 Å². The molecule has 6 nitrogen and oxygen atoms in total. The second-order valence-electron chi connectivity index (χ2n) is 7.37. The summed E-state index contributed by atoms with van der Waals surface area (Å²) in [6, 6.07) is 9.67. The largest absolute Gasteiger partial charge is 0.490 e. The van der Waals surface area contributed by atoms with E-state index in [1.54, 1.807) is 37.3 Å². The molecule has 186 valence electrons. The molecule has 0 aliphatic carbocycles. The maximum Gasteiger partial charge on any atom is 0.305 e. The molecular formula is C25H25ClFNO5S2. The quantitative estimate of drug-likeness (QED) is 0.198. The zero-order valence-electron chi connectivity index (χ0n) is 19.3. The fourth-order valence-electron chi connectivity index (χ4n) is 3.28. The number of hydrogen-bond acceptors (Lipinski definition) is 7. The third kappa shape index (κ3) is 7.19. The lowest BCUT2D eigenvalue weighted by Gasteiger charge is -2.14. The molecule has 1 aliphatic heterocycles. The highest BCUT2D eigenvalue weighted by Crippen LogP contribution is 2.35. The lowest BCUT2D eigenvalue weighted by atomic mass is 10.1. The molecule has 2 aromatic rings. The van der Waals surface area contributed by atoms with Crippen LogP contribution in [-0.2, 0) is 20.9 Å². The molecule has 0 spiro atoms. The zero-order chi connectivity index (χ0) is 25.4. The molecule has 35 heavy (non-hydrogen) atoms. The number of rotatable bonds is 11. The second-order valence-corrected chi connectivity index (χ2v) is 9.45. The summed E-state index contributed by atoms with van der Waals surface area (Å²) in [5, 5.41) is 0.281. The molecule has 1 aliphatic rings. The first-order valence-electron chi connectivity index (χ1n) is 11.1. The summed E-state index contributed by atoms with van der Waals surface area (Å²) in [5.41, 5.74) is 0.976. The van der Waals surface area contributed by atoms with Gasteiger partial charge in [0.2, 0.25) is 0 Å². The Kier molecular flexibility index (Phi) is 9.94. The first kappa shape index (κ1) is 27.0. The van der Waals surface area contributed by atoms with Crippen LogP contribution in [-0.4, -0.2) is 40.9 Å². The molecule has 0 saturated carbocycles. The highest BCUT2D eigenvalue weighted by atomic mass is 35.5. The van der Waals surface area contributed by atoms with E-state index in [1.165, 1.54) is 28.8 Å². The Labute approximate surface area is 218 Å². The summed E-state index contributed by atoms with van der Waals surface area (Å²) in [7, 11) is 0. The minimum absolute atomic E-state index is 0.0601. The standard InChI is InChI=1S/C25H25ClFNO5S2/c1-3-31-21-13-16(10-11-20(21)33-15-17-18(26)7-5-8-19(17)27)14-22-24(30)28(25(34)35-22)12-6-9-23(29)32-4-2/h5,7-8,10-11,13-14H,3-4,6,9,12,15H2,1-2H3/b22-14+. The molecule has 1 saturated heterocycles. The first-order valence-corrected chi connectivity index (χ1v) is 12.7. The van der Waals surface area contributed by atoms with Crippen LogP contribution in [0.5, 0.6) is 11.5 Å². The Morgan fingerprint density at radius 1 is 1.17 bits per heavy atom. The number of carbonyl (C=O) groups excluding carboxylic acids is 2. The topological polar surface area (TPSA) is 65.1 Å². The van der Waals surface area contributed by atoms with Crippen LogP contribution in [0.1, 0.15) is 37.8 Å². The Morgan fingerprint density at radius 2 is 1.97 bits per heavy atom. The highest BCUT2D eigenvalue weighted by molar-refractivity contribution is 8.26. The minimum atomic E-state index is -0.448. The van der Waals surface area contributed by atoms with Crippen molar-refractivity contribution in [3.63, 3.8) is 0 Å². The van der Waals surface area contributed by atoms with Gasteiger partial charge in [0.15, 0.2) is 11.5 Å². The molecule has 0 bridgehead atoms. The molecule has 0 N–H and O–H groups in total. The van der Waals surface area contributed by atoms with Crippen LogP contribution in [0.4, 0.5) is 4.39 Å². The van der Waals surface area contributed by atoms with Gasteiger partial charge in [-0.15, -0.1) is 0 Å². The monoisotopic (exact) mass is 537 g/mol. The highest BCUT2D eigenvalue weighted by Gasteiger charge is 2.31. The van der Waals surface area contributed by atoms with Crippen LogP contribution < -0.4 is 9.47 Å². The summed E-state index contributed by atoms with van der Waals surface area (Å²) in [5.74, 6) is -0.0716. The maximum absolute atomic E-state index is 14.1. The molecule has 1 fully saturated rings. The van der Waals surface area contributed by atoms with E-state index in [0.29, 0.717) is 46.9 Å². The smallest absolute Gasteiger partial charge is 0.305 e. The van der Waals surface area contributed by atoms with Crippen molar-refractivity contribution >= 4 is 57.9 Å². The van der Waals surface area contributed by atoms with Crippen molar-refractivity contribution in [2.75, 3.05) is 19.8 Å². The summed E-state index contributed by atoms with van der Waals surface area (Å²) in [4.78, 5) is 26.4. The number of amides is 1. The van der Waals surface area contributed by atoms with Gasteiger partial charge in [-0.2, -0.15) is 0 Å². The van der Waals surface area contributed by atoms with Gasteiger partial charge in [-0.05, 0) is 56.2 Å². The van der Waals surface area contributed by atoms with E-state index in [2.05, 4.69) is 0 Å². The van der Waals surface area contributed by atoms with Gasteiger partial charge >= 0.3 is 5.97 Å². The van der Waals surface area contributed by atoms with Gasteiger partial charge in [-0.3, -0.25) is 14.5 Å². The molecule has 0 atom stereocenters. The van der Waals surface area contributed by atoms with E-state index < -0.39 is 5.82 Å². The summed E-state index contributed by atoms with van der Waals surface area (Å²) < 4.78 is 30.9. The number of nitrogens with zero attached hydrogens (tertiary/aromatic N) is 1. The van der Waals surface area contributed by atoms with E-state index >= 15 is 0 Å². The number of thioether (sulfide) groups is 1. The minimum Gasteiger partial charge on any atom is -0.490 e. The fourth-order valence-corrected chi connectivity index (χ4v) is 4.81. The predicted molar refractivity (Wildman–Crippen MR) is 139 cm³/mol. The predicted octanol–water partition coefficient (Wildman–Crippen LogP) is 6.00. The van der Waals surface area contributed by atoms with Crippen molar-refractivity contribution in [1.29, 1.82) is 0 Å². The Bertz CT molecular complexity index is 1120. The maximum atomic E-state index is 14.1. The average Bonchev–Trinajstić information content (AvgIpc) is 3.07. The number of halogens is 2. The third-order valence-corrected chi connectivity index (χ3v) is 6.67. The van der Waals surface area contributed by atoms with Crippen molar-refractivity contribution in [2.45, 2.75) is 33.3 Å². The van der Waals surface area contributed by atoms with Crippen LogP contribution in [0.3, 0.4) is 0 Å². The van der Waals surface area contributed by atoms with Crippen molar-refractivity contribution in [2.24, 2.45) is 0 Å². The van der Waals surface area contributed by atoms with E-state index in [-0.39, 0.29) is 35.5 Å². The molecule has 1 amide bonds. The molecule has 3 rings (SSSR count). The molecule has 0 aromatic heterocycles. The molecule has 1 heterocycles. The SMILES string of the molecule is CCOC(=O)CCCN1C(=O)/C(=C\c2ccc(OCc3c(F)cccc3Cl)c(OCC)c2)SC1=S. The van der Waals surface area contributed by atoms with Crippen LogP contribution >= 0.6 is 35.6 Å². The van der Waals surface area contributed by atoms with Gasteiger partial charge in [-0.25, -0.2) is 4.39 Å². The number of benzene rings is 2. The van der Waals surface area contributed by atoms with Crippen molar-refractivity contribution in [3.8, 4) is 11.5 Å². The van der Waals surface area contributed by atoms with Crippen LogP contribution in [0, 0.1) is 5.82 Å². The Morgan fingerprint density at radius 3 is 2.69 bits per heavy atom. The normalized spacial score (nSPS) is 14.5. The average molecular weight is 538 g/mol. The summed E-state index contributed by atoms with van der Waals surface area (Å²) in [6.07, 6.45) is 2.41. The third-order valence-electron chi connectivity index (χ3n) is 4.94. The number of esters is 1. The van der Waals surface area contributed by atoms with Crippen LogP contribution in [0.2, 0.25) is 5.02 Å². The summed E-state index contributed by atoms with van der Waals surface area (Å²) >= 11 is 12.6. The molecule has 0 radical (unpaired) electrons. The summed E-state index contributed by atoms with van der Waals surface area (Å²) in [6.45, 7) is 4.59. The van der Waals surface area contributed by atoms with Gasteiger partial charge in [0.1, 0.15) is 16.7 Å². The van der Waals surface area contributed by atoms with Crippen molar-refractivity contribution < 1.29 is 28.2 Å². The molecule has 2 aromatic carbocycles. The van der Waals surface area contributed by atoms with E-state index in [0.717, 1.165) is 5.56 Å². The van der Waals surface area contributed by atoms with Gasteiger partial charge in [0.25, 0.3) is 5.91 Å².